The molecule has 0 aliphatic rings. The fraction of sp³-hybridized carbons (Fsp3) is 0.423. The fourth-order valence-electron chi connectivity index (χ4n) is 3.87. The maximum Gasteiger partial charge on any atom is 0.274 e. The van der Waals surface area contributed by atoms with Crippen LogP contribution in [-0.2, 0) is 17.8 Å². The first-order valence-corrected chi connectivity index (χ1v) is 12.1. The molecular formula is C26H33ClN4O2. The zero-order valence-corrected chi connectivity index (χ0v) is 20.3. The van der Waals surface area contributed by atoms with Gasteiger partial charge in [-0.25, -0.2) is 4.68 Å². The van der Waals surface area contributed by atoms with E-state index < -0.39 is 0 Å². The van der Waals surface area contributed by atoms with E-state index in [1.54, 1.807) is 4.68 Å². The van der Waals surface area contributed by atoms with Gasteiger partial charge in [0.05, 0.1) is 24.2 Å². The van der Waals surface area contributed by atoms with Crippen molar-refractivity contribution >= 4 is 28.3 Å². The van der Waals surface area contributed by atoms with E-state index in [2.05, 4.69) is 24.1 Å². The molecule has 0 fully saturated rings. The molecule has 0 aliphatic carbocycles. The Hall–Kier alpha value is -2.70. The van der Waals surface area contributed by atoms with Crippen molar-refractivity contribution in [3.8, 4) is 0 Å². The minimum Gasteiger partial charge on any atom is -0.355 e. The second-order valence-corrected chi connectivity index (χ2v) is 8.74. The van der Waals surface area contributed by atoms with Gasteiger partial charge in [-0.05, 0) is 43.1 Å². The van der Waals surface area contributed by atoms with Gasteiger partial charge in [0.1, 0.15) is 0 Å². The second kappa shape index (κ2) is 12.5. The number of nitrogens with one attached hydrogen (secondary N) is 1. The summed E-state index contributed by atoms with van der Waals surface area (Å²) in [5.41, 5.74) is 1.83. The lowest BCUT2D eigenvalue weighted by Crippen LogP contribution is -2.40. The van der Waals surface area contributed by atoms with Crippen molar-refractivity contribution in [2.24, 2.45) is 0 Å². The normalized spacial score (nSPS) is 11.3. The Morgan fingerprint density at radius 3 is 2.45 bits per heavy atom. The van der Waals surface area contributed by atoms with Crippen LogP contribution in [-0.4, -0.2) is 46.8 Å². The fourth-order valence-corrected chi connectivity index (χ4v) is 3.99. The van der Waals surface area contributed by atoms with Crippen LogP contribution in [0.3, 0.4) is 0 Å². The van der Waals surface area contributed by atoms with Crippen molar-refractivity contribution in [1.82, 2.24) is 20.0 Å². The van der Waals surface area contributed by atoms with Crippen LogP contribution in [0, 0.1) is 0 Å². The Morgan fingerprint density at radius 2 is 1.76 bits per heavy atom. The third-order valence-corrected chi connectivity index (χ3v) is 5.87. The molecule has 0 radical (unpaired) electrons. The molecule has 0 aliphatic heterocycles. The maximum atomic E-state index is 13.1. The van der Waals surface area contributed by atoms with E-state index in [4.69, 9.17) is 16.7 Å². The number of hydrogen-bond acceptors (Lipinski definition) is 4. The number of halogens is 1. The molecule has 0 saturated carbocycles. The van der Waals surface area contributed by atoms with E-state index in [0.717, 1.165) is 42.5 Å². The summed E-state index contributed by atoms with van der Waals surface area (Å²) < 4.78 is 1.55. The summed E-state index contributed by atoms with van der Waals surface area (Å²) >= 11 is 6.03. The number of benzene rings is 2. The molecule has 1 aromatic heterocycles. The number of rotatable bonds is 12. The number of aromatic nitrogens is 2. The molecule has 0 spiro atoms. The van der Waals surface area contributed by atoms with Crippen LogP contribution in [0.15, 0.2) is 53.3 Å². The van der Waals surface area contributed by atoms with Gasteiger partial charge in [0.15, 0.2) is 0 Å². The van der Waals surface area contributed by atoms with Crippen LogP contribution >= 0.6 is 11.6 Å². The molecule has 0 atom stereocenters. The average molecular weight is 469 g/mol. The number of carbonyl (C=O) groups excluding carboxylic acids is 1. The maximum absolute atomic E-state index is 13.1. The highest BCUT2D eigenvalue weighted by atomic mass is 35.5. The molecule has 0 saturated heterocycles. The summed E-state index contributed by atoms with van der Waals surface area (Å²) in [6.45, 7) is 7.03. The van der Waals surface area contributed by atoms with Crippen LogP contribution in [0.5, 0.6) is 0 Å². The first-order chi connectivity index (χ1) is 16.0. The molecule has 0 unspecified atom stereocenters. The predicted molar refractivity (Wildman–Crippen MR) is 135 cm³/mol. The van der Waals surface area contributed by atoms with Gasteiger partial charge >= 0.3 is 0 Å². The average Bonchev–Trinajstić information content (AvgIpc) is 2.81. The molecule has 3 aromatic rings. The van der Waals surface area contributed by atoms with E-state index >= 15 is 0 Å². The van der Waals surface area contributed by atoms with Gasteiger partial charge in [-0.3, -0.25) is 14.5 Å². The Kier molecular flexibility index (Phi) is 9.46. The summed E-state index contributed by atoms with van der Waals surface area (Å²) in [6, 6.07) is 15.3. The number of hydrogen-bond donors (Lipinski definition) is 1. The molecule has 7 heteroatoms. The monoisotopic (exact) mass is 468 g/mol. The van der Waals surface area contributed by atoms with Crippen molar-refractivity contribution in [2.45, 2.75) is 46.1 Å². The third-order valence-electron chi connectivity index (χ3n) is 5.62. The molecule has 3 rings (SSSR count). The Balaban J connectivity index is 1.80. The van der Waals surface area contributed by atoms with E-state index in [9.17, 15) is 9.59 Å². The number of nitrogens with zero attached hydrogens (tertiary/aromatic N) is 3. The molecule has 1 amide bonds. The predicted octanol–water partition coefficient (Wildman–Crippen LogP) is 4.27. The SMILES string of the molecule is CCCCNC(=O)CN(CCC)CCn1nc(Cc2ccc(Cl)cc2)c2ccccc2c1=O. The van der Waals surface area contributed by atoms with Crippen molar-refractivity contribution in [3.63, 3.8) is 0 Å². The van der Waals surface area contributed by atoms with Crippen molar-refractivity contribution in [3.05, 3.63) is 75.2 Å². The van der Waals surface area contributed by atoms with Crippen LogP contribution in [0.2, 0.25) is 5.02 Å². The van der Waals surface area contributed by atoms with E-state index in [-0.39, 0.29) is 11.5 Å². The first-order valence-electron chi connectivity index (χ1n) is 11.7. The third kappa shape index (κ3) is 7.14. The standard InChI is InChI=1S/C26H33ClN4O2/c1-3-5-14-28-25(32)19-30(15-4-2)16-17-31-26(33)23-9-7-6-8-22(23)24(29-31)18-20-10-12-21(27)13-11-20/h6-13H,3-5,14-19H2,1-2H3,(H,28,32). The quantitative estimate of drug-likeness (QED) is 0.403. The van der Waals surface area contributed by atoms with E-state index in [1.165, 1.54) is 0 Å². The minimum absolute atomic E-state index is 0.0270. The smallest absolute Gasteiger partial charge is 0.274 e. The second-order valence-electron chi connectivity index (χ2n) is 8.30. The number of amides is 1. The molecule has 6 nitrogen and oxygen atoms in total. The number of carbonyl (C=O) groups is 1. The van der Waals surface area contributed by atoms with Gasteiger partial charge in [0.25, 0.3) is 5.56 Å². The molecule has 33 heavy (non-hydrogen) atoms. The van der Waals surface area contributed by atoms with Gasteiger partial charge in [-0.2, -0.15) is 5.10 Å². The van der Waals surface area contributed by atoms with Gasteiger partial charge in [-0.1, -0.05) is 62.2 Å². The zero-order chi connectivity index (χ0) is 23.6. The molecule has 176 valence electrons. The highest BCUT2D eigenvalue weighted by molar-refractivity contribution is 6.30. The Bertz CT molecular complexity index is 1110. The van der Waals surface area contributed by atoms with E-state index in [1.807, 2.05) is 48.5 Å². The summed E-state index contributed by atoms with van der Waals surface area (Å²) in [7, 11) is 0. The van der Waals surface area contributed by atoms with Gasteiger partial charge in [0.2, 0.25) is 5.91 Å². The summed E-state index contributed by atoms with van der Waals surface area (Å²) in [4.78, 5) is 27.5. The lowest BCUT2D eigenvalue weighted by atomic mass is 10.0. The van der Waals surface area contributed by atoms with Crippen LogP contribution < -0.4 is 10.9 Å². The lowest BCUT2D eigenvalue weighted by molar-refractivity contribution is -0.122. The molecule has 2 aromatic carbocycles. The Labute approximate surface area is 200 Å². The van der Waals surface area contributed by atoms with Crippen molar-refractivity contribution in [1.29, 1.82) is 0 Å². The summed E-state index contributed by atoms with van der Waals surface area (Å²) in [5.74, 6) is 0.0270. The summed E-state index contributed by atoms with van der Waals surface area (Å²) in [5, 5.41) is 9.93. The number of unbranched alkanes of at least 4 members (excludes halogenated alkanes) is 1. The molecule has 0 bridgehead atoms. The molecule has 1 N–H and O–H groups in total. The van der Waals surface area contributed by atoms with Gasteiger partial charge < -0.3 is 5.32 Å². The van der Waals surface area contributed by atoms with Crippen LogP contribution in [0.4, 0.5) is 0 Å². The van der Waals surface area contributed by atoms with E-state index in [0.29, 0.717) is 43.0 Å². The van der Waals surface area contributed by atoms with Gasteiger partial charge in [-0.15, -0.1) is 0 Å². The first kappa shape index (κ1) is 24.9. The molecule has 1 heterocycles. The minimum atomic E-state index is -0.102. The van der Waals surface area contributed by atoms with Crippen LogP contribution in [0.1, 0.15) is 44.4 Å². The highest BCUT2D eigenvalue weighted by Crippen LogP contribution is 2.18. The van der Waals surface area contributed by atoms with Crippen LogP contribution in [0.25, 0.3) is 10.8 Å². The topological polar surface area (TPSA) is 67.2 Å². The highest BCUT2D eigenvalue weighted by Gasteiger charge is 2.14. The molecular weight excluding hydrogens is 436 g/mol. The van der Waals surface area contributed by atoms with Gasteiger partial charge in [0, 0.05) is 29.9 Å². The lowest BCUT2D eigenvalue weighted by Gasteiger charge is -2.21. The number of fused-ring (bicyclic) bond motifs is 1. The largest absolute Gasteiger partial charge is 0.355 e. The van der Waals surface area contributed by atoms with Crippen molar-refractivity contribution in [2.75, 3.05) is 26.2 Å². The summed E-state index contributed by atoms with van der Waals surface area (Å²) in [6.07, 6.45) is 3.57. The van der Waals surface area contributed by atoms with Crippen molar-refractivity contribution < 1.29 is 4.79 Å². The Morgan fingerprint density at radius 1 is 1.03 bits per heavy atom. The zero-order valence-electron chi connectivity index (χ0n) is 19.5.